The van der Waals surface area contributed by atoms with Gasteiger partial charge in [0.25, 0.3) is 5.91 Å². The fraction of sp³-hybridized carbons (Fsp3) is 0.286. The van der Waals surface area contributed by atoms with Crippen LogP contribution in [0.1, 0.15) is 53.7 Å². The van der Waals surface area contributed by atoms with Crippen LogP contribution in [0.3, 0.4) is 0 Å². The predicted octanol–water partition coefficient (Wildman–Crippen LogP) is 5.79. The van der Waals surface area contributed by atoms with Crippen LogP contribution in [-0.4, -0.2) is 28.9 Å². The zero-order valence-corrected chi connectivity index (χ0v) is 21.7. The first kappa shape index (κ1) is 27.6. The van der Waals surface area contributed by atoms with Gasteiger partial charge in [0.2, 0.25) is 0 Å². The summed E-state index contributed by atoms with van der Waals surface area (Å²) in [5.74, 6) is -0.383. The number of aromatic nitrogens is 2. The number of carbonyl (C=O) groups is 2. The third kappa shape index (κ3) is 6.19. The Labute approximate surface area is 221 Å². The number of hydrogen-bond acceptors (Lipinski definition) is 7. The first-order valence-electron chi connectivity index (χ1n) is 11.9. The standard InChI is InChI=1S/C28H26F3N3O5/c1-27(2,3)25-11-16(34-39-25)10-17(35)9-15-5-6-18(12-21(15)28(29,30)31)38-23-7-8-33-22-14-24(37-4)20(26(32)36)13-19(22)23/h5-8,11-14H,9-10H2,1-4H3,(H2,32,36). The van der Waals surface area contributed by atoms with Gasteiger partial charge in [-0.2, -0.15) is 13.2 Å². The first-order chi connectivity index (χ1) is 18.3. The van der Waals surface area contributed by atoms with E-state index < -0.39 is 29.9 Å². The third-order valence-corrected chi connectivity index (χ3v) is 5.97. The van der Waals surface area contributed by atoms with Crippen molar-refractivity contribution in [3.63, 3.8) is 0 Å². The second kappa shape index (κ2) is 10.4. The highest BCUT2D eigenvalue weighted by Crippen LogP contribution is 2.38. The molecular formula is C28H26F3N3O5. The molecular weight excluding hydrogens is 515 g/mol. The molecule has 0 fully saturated rings. The van der Waals surface area contributed by atoms with Crippen LogP contribution in [0.2, 0.25) is 0 Å². The lowest BCUT2D eigenvalue weighted by atomic mass is 9.93. The number of primary amides is 1. The lowest BCUT2D eigenvalue weighted by Crippen LogP contribution is -2.14. The molecule has 0 unspecified atom stereocenters. The van der Waals surface area contributed by atoms with Crippen LogP contribution in [0, 0.1) is 0 Å². The van der Waals surface area contributed by atoms with Crippen LogP contribution < -0.4 is 15.2 Å². The summed E-state index contributed by atoms with van der Waals surface area (Å²) >= 11 is 0. The molecule has 0 atom stereocenters. The molecule has 2 aromatic carbocycles. The Morgan fingerprint density at radius 1 is 1.00 bits per heavy atom. The smallest absolute Gasteiger partial charge is 0.416 e. The predicted molar refractivity (Wildman–Crippen MR) is 136 cm³/mol. The van der Waals surface area contributed by atoms with E-state index in [4.69, 9.17) is 19.7 Å². The monoisotopic (exact) mass is 541 g/mol. The summed E-state index contributed by atoms with van der Waals surface area (Å²) in [4.78, 5) is 28.7. The molecule has 4 rings (SSSR count). The Morgan fingerprint density at radius 2 is 1.74 bits per heavy atom. The van der Waals surface area contributed by atoms with Gasteiger partial charge in [0.1, 0.15) is 28.8 Å². The highest BCUT2D eigenvalue weighted by atomic mass is 19.4. The van der Waals surface area contributed by atoms with Crippen molar-refractivity contribution in [2.75, 3.05) is 7.11 Å². The minimum Gasteiger partial charge on any atom is -0.496 e. The van der Waals surface area contributed by atoms with E-state index in [0.717, 1.165) is 6.07 Å². The average molecular weight is 542 g/mol. The van der Waals surface area contributed by atoms with Gasteiger partial charge < -0.3 is 19.7 Å². The van der Waals surface area contributed by atoms with Crippen LogP contribution >= 0.6 is 0 Å². The second-order valence-corrected chi connectivity index (χ2v) is 9.99. The Bertz CT molecular complexity index is 1550. The van der Waals surface area contributed by atoms with E-state index in [1.54, 1.807) is 6.07 Å². The number of amides is 1. The molecule has 4 aromatic rings. The summed E-state index contributed by atoms with van der Waals surface area (Å²) in [6.07, 6.45) is -3.95. The van der Waals surface area contributed by atoms with Crippen molar-refractivity contribution in [1.29, 1.82) is 0 Å². The molecule has 204 valence electrons. The van der Waals surface area contributed by atoms with Crippen LogP contribution in [0.25, 0.3) is 10.9 Å². The van der Waals surface area contributed by atoms with Gasteiger partial charge in [-0.15, -0.1) is 0 Å². The topological polar surface area (TPSA) is 118 Å². The number of methoxy groups -OCH3 is 1. The summed E-state index contributed by atoms with van der Waals surface area (Å²) in [7, 11) is 1.37. The van der Waals surface area contributed by atoms with E-state index in [9.17, 15) is 22.8 Å². The third-order valence-electron chi connectivity index (χ3n) is 5.97. The normalized spacial score (nSPS) is 12.0. The highest BCUT2D eigenvalue weighted by molar-refractivity contribution is 6.01. The SMILES string of the molecule is COc1cc2nccc(Oc3ccc(CC(=O)Cc4cc(C(C)(C)C)on4)c(C(F)(F)F)c3)c2cc1C(N)=O. The van der Waals surface area contributed by atoms with E-state index in [1.165, 1.54) is 43.6 Å². The van der Waals surface area contributed by atoms with Crippen LogP contribution in [0.4, 0.5) is 13.2 Å². The highest BCUT2D eigenvalue weighted by Gasteiger charge is 2.34. The number of fused-ring (bicyclic) bond motifs is 1. The zero-order chi connectivity index (χ0) is 28.5. The van der Waals surface area contributed by atoms with Gasteiger partial charge in [-0.25, -0.2) is 0 Å². The summed E-state index contributed by atoms with van der Waals surface area (Å²) in [5, 5.41) is 4.22. The number of alkyl halides is 3. The Hall–Kier alpha value is -4.41. The number of ketones is 1. The zero-order valence-electron chi connectivity index (χ0n) is 21.7. The largest absolute Gasteiger partial charge is 0.496 e. The molecule has 8 nitrogen and oxygen atoms in total. The number of Topliss-reactive ketones (excluding diaryl/α,β-unsaturated/α-hetero) is 1. The number of halogens is 3. The number of ether oxygens (including phenoxy) is 2. The van der Waals surface area contributed by atoms with Crippen molar-refractivity contribution < 1.29 is 36.8 Å². The van der Waals surface area contributed by atoms with Crippen molar-refractivity contribution in [2.24, 2.45) is 5.73 Å². The minimum atomic E-state index is -4.74. The lowest BCUT2D eigenvalue weighted by molar-refractivity contribution is -0.138. The van der Waals surface area contributed by atoms with Crippen molar-refractivity contribution in [2.45, 2.75) is 45.2 Å². The van der Waals surface area contributed by atoms with E-state index in [2.05, 4.69) is 10.1 Å². The summed E-state index contributed by atoms with van der Waals surface area (Å²) < 4.78 is 58.2. The second-order valence-electron chi connectivity index (χ2n) is 9.99. The van der Waals surface area contributed by atoms with Gasteiger partial charge in [-0.1, -0.05) is 32.0 Å². The van der Waals surface area contributed by atoms with E-state index in [-0.39, 0.29) is 40.2 Å². The van der Waals surface area contributed by atoms with E-state index >= 15 is 0 Å². The number of carbonyl (C=O) groups excluding carboxylic acids is 2. The molecule has 39 heavy (non-hydrogen) atoms. The van der Waals surface area contributed by atoms with Gasteiger partial charge in [-0.05, 0) is 29.8 Å². The Morgan fingerprint density at radius 3 is 2.36 bits per heavy atom. The summed E-state index contributed by atoms with van der Waals surface area (Å²) in [5.41, 5.74) is 4.73. The van der Waals surface area contributed by atoms with Crippen molar-refractivity contribution in [1.82, 2.24) is 10.1 Å². The van der Waals surface area contributed by atoms with Gasteiger partial charge in [0.05, 0.1) is 35.9 Å². The molecule has 2 N–H and O–H groups in total. The summed E-state index contributed by atoms with van der Waals surface area (Å²) in [6, 6.07) is 9.37. The number of rotatable bonds is 8. The molecule has 2 heterocycles. The molecule has 0 bridgehead atoms. The molecule has 0 radical (unpaired) electrons. The molecule has 0 saturated heterocycles. The molecule has 0 spiro atoms. The first-order valence-corrected chi connectivity index (χ1v) is 11.9. The quantitative estimate of drug-likeness (QED) is 0.300. The number of nitrogens with two attached hydrogens (primary N) is 1. The number of pyridine rings is 1. The Balaban J connectivity index is 1.62. The molecule has 0 aliphatic rings. The van der Waals surface area contributed by atoms with E-state index in [1.807, 2.05) is 20.8 Å². The minimum absolute atomic E-state index is 0.0643. The molecule has 0 aliphatic heterocycles. The van der Waals surface area contributed by atoms with Gasteiger partial charge in [0, 0.05) is 35.6 Å². The Kier molecular flexibility index (Phi) is 7.36. The maximum Gasteiger partial charge on any atom is 0.416 e. The van der Waals surface area contributed by atoms with E-state index in [0.29, 0.717) is 22.4 Å². The number of benzene rings is 2. The molecule has 2 aromatic heterocycles. The van der Waals surface area contributed by atoms with Crippen LogP contribution in [-0.2, 0) is 29.2 Å². The summed E-state index contributed by atoms with van der Waals surface area (Å²) in [6.45, 7) is 5.75. The fourth-order valence-electron chi connectivity index (χ4n) is 3.99. The average Bonchev–Trinajstić information content (AvgIpc) is 3.32. The van der Waals surface area contributed by atoms with Gasteiger partial charge >= 0.3 is 6.18 Å². The molecule has 1 amide bonds. The number of nitrogens with zero attached hydrogens (tertiary/aromatic N) is 2. The lowest BCUT2D eigenvalue weighted by Gasteiger charge is -2.16. The van der Waals surface area contributed by atoms with Crippen LogP contribution in [0.15, 0.2) is 53.2 Å². The van der Waals surface area contributed by atoms with Gasteiger partial charge in [-0.3, -0.25) is 14.6 Å². The fourth-order valence-corrected chi connectivity index (χ4v) is 3.99. The molecule has 0 saturated carbocycles. The maximum absolute atomic E-state index is 14.0. The van der Waals surface area contributed by atoms with Crippen molar-refractivity contribution >= 4 is 22.6 Å². The van der Waals surface area contributed by atoms with Crippen LogP contribution in [0.5, 0.6) is 17.2 Å². The van der Waals surface area contributed by atoms with Crippen molar-refractivity contribution in [3.05, 3.63) is 76.8 Å². The molecule has 0 aliphatic carbocycles. The maximum atomic E-state index is 14.0. The molecule has 11 heteroatoms. The van der Waals surface area contributed by atoms with Gasteiger partial charge in [0.15, 0.2) is 0 Å². The van der Waals surface area contributed by atoms with Crippen molar-refractivity contribution in [3.8, 4) is 17.2 Å². The number of hydrogen-bond donors (Lipinski definition) is 1.